The Hall–Kier alpha value is -2.24. The predicted octanol–water partition coefficient (Wildman–Crippen LogP) is 4.00. The number of rotatable bonds is 5. The molecule has 0 atom stereocenters. The zero-order valence-corrected chi connectivity index (χ0v) is 13.8. The summed E-state index contributed by atoms with van der Waals surface area (Å²) in [5, 5.41) is 9.19. The van der Waals surface area contributed by atoms with E-state index in [0.29, 0.717) is 21.4 Å². The summed E-state index contributed by atoms with van der Waals surface area (Å²) in [4.78, 5) is 22.8. The summed E-state index contributed by atoms with van der Waals surface area (Å²) in [5.74, 6) is -0.346. The van der Waals surface area contributed by atoms with E-state index in [4.69, 9.17) is 23.2 Å². The molecular formula is C16H15Cl2N3O2. The first-order valence-electron chi connectivity index (χ1n) is 6.80. The molecule has 7 heteroatoms. The molecule has 0 heterocycles. The lowest BCUT2D eigenvalue weighted by atomic mass is 10.2. The zero-order chi connectivity index (χ0) is 16.8. The summed E-state index contributed by atoms with van der Waals surface area (Å²) in [5.41, 5.74) is 2.04. The Balaban J connectivity index is 1.86. The van der Waals surface area contributed by atoms with Crippen LogP contribution in [0.4, 0.5) is 17.1 Å². The van der Waals surface area contributed by atoms with Gasteiger partial charge >= 0.3 is 0 Å². The van der Waals surface area contributed by atoms with Crippen LogP contribution >= 0.6 is 23.2 Å². The molecule has 2 aromatic carbocycles. The van der Waals surface area contributed by atoms with E-state index in [1.54, 1.807) is 42.5 Å². The maximum atomic E-state index is 11.9. The second-order valence-electron chi connectivity index (χ2n) is 4.79. The van der Waals surface area contributed by atoms with Gasteiger partial charge in [-0.2, -0.15) is 0 Å². The van der Waals surface area contributed by atoms with Crippen molar-refractivity contribution in [1.29, 1.82) is 0 Å². The molecule has 0 saturated carbocycles. The Kier molecular flexibility index (Phi) is 5.84. The Morgan fingerprint density at radius 2 is 1.48 bits per heavy atom. The highest BCUT2D eigenvalue weighted by Crippen LogP contribution is 2.24. The number of nitrogens with one attached hydrogen (secondary N) is 3. The van der Waals surface area contributed by atoms with Gasteiger partial charge in [-0.05, 0) is 42.5 Å². The van der Waals surface area contributed by atoms with Crippen LogP contribution in [0.1, 0.15) is 6.92 Å². The second-order valence-corrected chi connectivity index (χ2v) is 5.60. The number of amides is 2. The molecule has 5 nitrogen and oxygen atoms in total. The maximum Gasteiger partial charge on any atom is 0.243 e. The highest BCUT2D eigenvalue weighted by molar-refractivity contribution is 6.42. The molecule has 3 N–H and O–H groups in total. The molecule has 2 aromatic rings. The lowest BCUT2D eigenvalue weighted by Gasteiger charge is -2.09. The Morgan fingerprint density at radius 3 is 2.09 bits per heavy atom. The zero-order valence-electron chi connectivity index (χ0n) is 12.3. The number of benzene rings is 2. The van der Waals surface area contributed by atoms with Gasteiger partial charge in [-0.1, -0.05) is 23.2 Å². The molecule has 0 unspecified atom stereocenters. The van der Waals surface area contributed by atoms with Crippen LogP contribution < -0.4 is 16.0 Å². The monoisotopic (exact) mass is 351 g/mol. The van der Waals surface area contributed by atoms with Crippen molar-refractivity contribution in [2.24, 2.45) is 0 Å². The van der Waals surface area contributed by atoms with Crippen LogP contribution in [0, 0.1) is 0 Å². The normalized spacial score (nSPS) is 10.0. The third-order valence-electron chi connectivity index (χ3n) is 2.86. The van der Waals surface area contributed by atoms with Crippen molar-refractivity contribution in [3.8, 4) is 0 Å². The fourth-order valence-electron chi connectivity index (χ4n) is 1.84. The minimum atomic E-state index is -0.214. The van der Waals surface area contributed by atoms with Crippen molar-refractivity contribution in [2.45, 2.75) is 6.92 Å². The molecule has 0 aliphatic carbocycles. The van der Waals surface area contributed by atoms with Gasteiger partial charge in [0, 0.05) is 24.0 Å². The summed E-state index contributed by atoms with van der Waals surface area (Å²) in [7, 11) is 0. The molecule has 0 spiro atoms. The van der Waals surface area contributed by atoms with Crippen molar-refractivity contribution in [3.63, 3.8) is 0 Å². The molecular weight excluding hydrogens is 337 g/mol. The number of carbonyl (C=O) groups excluding carboxylic acids is 2. The SMILES string of the molecule is CC(=O)Nc1ccc(NCC(=O)Nc2ccc(Cl)c(Cl)c2)cc1. The number of hydrogen-bond acceptors (Lipinski definition) is 3. The van der Waals surface area contributed by atoms with E-state index >= 15 is 0 Å². The minimum Gasteiger partial charge on any atom is -0.376 e. The Labute approximate surface area is 144 Å². The molecule has 0 bridgehead atoms. The Bertz CT molecular complexity index is 718. The summed E-state index contributed by atoms with van der Waals surface area (Å²) in [6, 6.07) is 11.9. The van der Waals surface area contributed by atoms with Gasteiger partial charge in [0.15, 0.2) is 0 Å². The van der Waals surface area contributed by atoms with Gasteiger partial charge in [0.05, 0.1) is 16.6 Å². The summed E-state index contributed by atoms with van der Waals surface area (Å²) in [6.07, 6.45) is 0. The molecule has 120 valence electrons. The lowest BCUT2D eigenvalue weighted by Crippen LogP contribution is -2.21. The molecule has 0 radical (unpaired) electrons. The molecule has 0 fully saturated rings. The minimum absolute atomic E-state index is 0.0970. The van der Waals surface area contributed by atoms with Crippen molar-refractivity contribution >= 4 is 52.1 Å². The highest BCUT2D eigenvalue weighted by atomic mass is 35.5. The number of hydrogen-bond donors (Lipinski definition) is 3. The fourth-order valence-corrected chi connectivity index (χ4v) is 2.13. The molecule has 2 amide bonds. The number of anilines is 3. The van der Waals surface area contributed by atoms with Gasteiger partial charge in [0.1, 0.15) is 0 Å². The van der Waals surface area contributed by atoms with Crippen molar-refractivity contribution < 1.29 is 9.59 Å². The molecule has 0 saturated heterocycles. The van der Waals surface area contributed by atoms with Gasteiger partial charge in [-0.15, -0.1) is 0 Å². The average Bonchev–Trinajstić information content (AvgIpc) is 2.50. The first-order chi connectivity index (χ1) is 10.9. The van der Waals surface area contributed by atoms with E-state index < -0.39 is 0 Å². The van der Waals surface area contributed by atoms with Gasteiger partial charge in [-0.3, -0.25) is 9.59 Å². The van der Waals surface area contributed by atoms with E-state index in [-0.39, 0.29) is 18.4 Å². The summed E-state index contributed by atoms with van der Waals surface area (Å²) in [6.45, 7) is 1.54. The third-order valence-corrected chi connectivity index (χ3v) is 3.60. The first kappa shape index (κ1) is 17.1. The molecule has 2 rings (SSSR count). The van der Waals surface area contributed by atoms with Gasteiger partial charge in [0.25, 0.3) is 0 Å². The van der Waals surface area contributed by atoms with E-state index in [1.807, 2.05) is 0 Å². The average molecular weight is 352 g/mol. The van der Waals surface area contributed by atoms with Gasteiger partial charge in [-0.25, -0.2) is 0 Å². The topological polar surface area (TPSA) is 70.2 Å². The van der Waals surface area contributed by atoms with Crippen molar-refractivity contribution in [1.82, 2.24) is 0 Å². The highest BCUT2D eigenvalue weighted by Gasteiger charge is 2.05. The molecule has 0 aromatic heterocycles. The van der Waals surface area contributed by atoms with Crippen LogP contribution in [0.2, 0.25) is 10.0 Å². The van der Waals surface area contributed by atoms with Crippen LogP contribution in [-0.2, 0) is 9.59 Å². The second kappa shape index (κ2) is 7.85. The Morgan fingerprint density at radius 1 is 0.870 bits per heavy atom. The lowest BCUT2D eigenvalue weighted by molar-refractivity contribution is -0.115. The van der Waals surface area contributed by atoms with Gasteiger partial charge in [0.2, 0.25) is 11.8 Å². The predicted molar refractivity (Wildman–Crippen MR) is 94.3 cm³/mol. The van der Waals surface area contributed by atoms with E-state index in [2.05, 4.69) is 16.0 Å². The largest absolute Gasteiger partial charge is 0.376 e. The smallest absolute Gasteiger partial charge is 0.243 e. The standard InChI is InChI=1S/C16H15Cl2N3O2/c1-10(22)20-12-4-2-11(3-5-12)19-9-16(23)21-13-6-7-14(17)15(18)8-13/h2-8,19H,9H2,1H3,(H,20,22)(H,21,23). The van der Waals surface area contributed by atoms with Crippen LogP contribution in [0.5, 0.6) is 0 Å². The van der Waals surface area contributed by atoms with Crippen LogP contribution in [-0.4, -0.2) is 18.4 Å². The number of halogens is 2. The quantitative estimate of drug-likeness (QED) is 0.762. The van der Waals surface area contributed by atoms with E-state index in [9.17, 15) is 9.59 Å². The molecule has 0 aliphatic rings. The fraction of sp³-hybridized carbons (Fsp3) is 0.125. The first-order valence-corrected chi connectivity index (χ1v) is 7.56. The van der Waals surface area contributed by atoms with Crippen molar-refractivity contribution in [3.05, 3.63) is 52.5 Å². The molecule has 0 aliphatic heterocycles. The summed E-state index contributed by atoms with van der Waals surface area (Å²) >= 11 is 11.7. The van der Waals surface area contributed by atoms with Crippen molar-refractivity contribution in [2.75, 3.05) is 22.5 Å². The van der Waals surface area contributed by atoms with Crippen LogP contribution in [0.25, 0.3) is 0 Å². The van der Waals surface area contributed by atoms with Crippen LogP contribution in [0.15, 0.2) is 42.5 Å². The van der Waals surface area contributed by atoms with Gasteiger partial charge < -0.3 is 16.0 Å². The van der Waals surface area contributed by atoms with E-state index in [1.165, 1.54) is 6.92 Å². The van der Waals surface area contributed by atoms with E-state index in [0.717, 1.165) is 5.69 Å². The maximum absolute atomic E-state index is 11.9. The number of carbonyl (C=O) groups is 2. The van der Waals surface area contributed by atoms with Crippen LogP contribution in [0.3, 0.4) is 0 Å². The molecule has 23 heavy (non-hydrogen) atoms. The summed E-state index contributed by atoms with van der Waals surface area (Å²) < 4.78 is 0. The third kappa shape index (κ3) is 5.47.